The van der Waals surface area contributed by atoms with Gasteiger partial charge < -0.3 is 25.4 Å². The van der Waals surface area contributed by atoms with Crippen LogP contribution in [0.3, 0.4) is 0 Å². The van der Waals surface area contributed by atoms with Crippen molar-refractivity contribution in [3.63, 3.8) is 0 Å². The van der Waals surface area contributed by atoms with Gasteiger partial charge in [0.25, 0.3) is 5.91 Å². The largest absolute Gasteiger partial charge is 0.496 e. The Morgan fingerprint density at radius 2 is 1.91 bits per heavy atom. The van der Waals surface area contributed by atoms with E-state index in [0.29, 0.717) is 36.6 Å². The molecule has 1 heterocycles. The lowest BCUT2D eigenvalue weighted by Crippen LogP contribution is -2.46. The molecule has 2 rings (SSSR count). The molecule has 3 N–H and O–H groups in total. The number of benzene rings is 1. The van der Waals surface area contributed by atoms with Crippen LogP contribution in [0.15, 0.2) is 18.2 Å². The summed E-state index contributed by atoms with van der Waals surface area (Å²) in [5, 5.41) is 2.75. The van der Waals surface area contributed by atoms with E-state index in [1.165, 1.54) is 19.1 Å². The Morgan fingerprint density at radius 3 is 2.43 bits per heavy atom. The number of hydrogen-bond acceptors (Lipinski definition) is 5. The van der Waals surface area contributed by atoms with E-state index < -0.39 is 6.04 Å². The second-order valence-corrected chi connectivity index (χ2v) is 5.40. The van der Waals surface area contributed by atoms with E-state index in [4.69, 9.17) is 15.2 Å². The van der Waals surface area contributed by atoms with Gasteiger partial charge in [0, 0.05) is 19.1 Å². The van der Waals surface area contributed by atoms with Crippen LogP contribution in [0.4, 0.5) is 0 Å². The summed E-state index contributed by atoms with van der Waals surface area (Å²) in [6.45, 7) is 2.66. The van der Waals surface area contributed by atoms with Crippen molar-refractivity contribution in [2.24, 2.45) is 5.73 Å². The number of amides is 2. The zero-order valence-electron chi connectivity index (χ0n) is 13.7. The van der Waals surface area contributed by atoms with Crippen LogP contribution in [0.1, 0.15) is 23.7 Å². The lowest BCUT2D eigenvalue weighted by atomic mass is 10.1. The Hall–Kier alpha value is -2.28. The third-order valence-corrected chi connectivity index (χ3v) is 3.89. The van der Waals surface area contributed by atoms with Crippen LogP contribution >= 0.6 is 0 Å². The molecule has 7 heteroatoms. The number of likely N-dealkylation sites (N-methyl/N-ethyl adjacent to an activating group) is 1. The molecule has 1 aliphatic heterocycles. The average molecular weight is 321 g/mol. The molecule has 0 spiro atoms. The van der Waals surface area contributed by atoms with Gasteiger partial charge in [0.05, 0.1) is 14.2 Å². The van der Waals surface area contributed by atoms with Gasteiger partial charge >= 0.3 is 0 Å². The Kier molecular flexibility index (Phi) is 5.44. The lowest BCUT2D eigenvalue weighted by Gasteiger charge is -2.25. The molecule has 23 heavy (non-hydrogen) atoms. The summed E-state index contributed by atoms with van der Waals surface area (Å²) >= 11 is 0. The number of nitrogens with zero attached hydrogens (tertiary/aromatic N) is 1. The van der Waals surface area contributed by atoms with Crippen molar-refractivity contribution in [3.05, 3.63) is 23.8 Å². The highest BCUT2D eigenvalue weighted by Gasteiger charge is 2.39. The minimum Gasteiger partial charge on any atom is -0.496 e. The molecule has 0 saturated carbocycles. The SMILES string of the molecule is CCNC(=O)[C@@H]1C[C@H](N)CN1C(=O)c1c(OC)cccc1OC. The zero-order chi connectivity index (χ0) is 17.0. The number of nitrogens with two attached hydrogens (primary N) is 1. The van der Waals surface area contributed by atoms with E-state index >= 15 is 0 Å². The summed E-state index contributed by atoms with van der Waals surface area (Å²) in [4.78, 5) is 26.7. The number of carbonyl (C=O) groups is 2. The standard InChI is InChI=1S/C16H23N3O4/c1-4-18-15(20)11-8-10(17)9-19(11)16(21)14-12(22-2)6-5-7-13(14)23-3/h5-7,10-11H,4,8-9,17H2,1-3H3,(H,18,20)/t10-,11-/m0/s1. The molecular formula is C16H23N3O4. The van der Waals surface area contributed by atoms with E-state index in [2.05, 4.69) is 5.32 Å². The van der Waals surface area contributed by atoms with Crippen molar-refractivity contribution in [2.75, 3.05) is 27.3 Å². The summed E-state index contributed by atoms with van der Waals surface area (Å²) in [5.74, 6) is 0.306. The van der Waals surface area contributed by atoms with Gasteiger partial charge in [0.1, 0.15) is 23.1 Å². The van der Waals surface area contributed by atoms with Crippen molar-refractivity contribution in [3.8, 4) is 11.5 Å². The second-order valence-electron chi connectivity index (χ2n) is 5.40. The molecule has 1 aromatic rings. The van der Waals surface area contributed by atoms with Crippen molar-refractivity contribution >= 4 is 11.8 Å². The van der Waals surface area contributed by atoms with E-state index in [-0.39, 0.29) is 17.9 Å². The maximum Gasteiger partial charge on any atom is 0.262 e. The van der Waals surface area contributed by atoms with Crippen LogP contribution in [0.25, 0.3) is 0 Å². The van der Waals surface area contributed by atoms with Gasteiger partial charge in [-0.3, -0.25) is 9.59 Å². The minimum atomic E-state index is -0.577. The second kappa shape index (κ2) is 7.32. The molecule has 0 aromatic heterocycles. The van der Waals surface area contributed by atoms with Gasteiger partial charge in [-0.05, 0) is 25.5 Å². The Bertz CT molecular complexity index is 568. The quantitative estimate of drug-likeness (QED) is 0.818. The molecule has 0 aliphatic carbocycles. The third kappa shape index (κ3) is 3.39. The van der Waals surface area contributed by atoms with Gasteiger partial charge in [0.15, 0.2) is 0 Å². The molecule has 2 amide bonds. The molecule has 0 bridgehead atoms. The molecule has 0 radical (unpaired) electrons. The number of likely N-dealkylation sites (tertiary alicyclic amines) is 1. The number of ether oxygens (including phenoxy) is 2. The average Bonchev–Trinajstić information content (AvgIpc) is 2.95. The number of nitrogens with one attached hydrogen (secondary N) is 1. The first-order valence-electron chi connectivity index (χ1n) is 7.58. The summed E-state index contributed by atoms with van der Waals surface area (Å²) < 4.78 is 10.6. The van der Waals surface area contributed by atoms with Crippen LogP contribution in [-0.4, -0.2) is 56.1 Å². The summed E-state index contributed by atoms with van der Waals surface area (Å²) in [5.41, 5.74) is 6.28. The molecule has 0 unspecified atom stereocenters. The summed E-state index contributed by atoms with van der Waals surface area (Å²) in [6.07, 6.45) is 0.440. The third-order valence-electron chi connectivity index (χ3n) is 3.89. The number of methoxy groups -OCH3 is 2. The number of carbonyl (C=O) groups excluding carboxylic acids is 2. The van der Waals surface area contributed by atoms with Gasteiger partial charge in [-0.25, -0.2) is 0 Å². The van der Waals surface area contributed by atoms with E-state index in [1.807, 2.05) is 6.92 Å². The van der Waals surface area contributed by atoms with E-state index in [9.17, 15) is 9.59 Å². The molecule has 1 fully saturated rings. The smallest absolute Gasteiger partial charge is 0.262 e. The van der Waals surface area contributed by atoms with E-state index in [0.717, 1.165) is 0 Å². The first-order valence-corrected chi connectivity index (χ1v) is 7.58. The lowest BCUT2D eigenvalue weighted by molar-refractivity contribution is -0.124. The fourth-order valence-electron chi connectivity index (χ4n) is 2.84. The highest BCUT2D eigenvalue weighted by atomic mass is 16.5. The molecule has 7 nitrogen and oxygen atoms in total. The number of rotatable bonds is 5. The van der Waals surface area contributed by atoms with E-state index in [1.54, 1.807) is 18.2 Å². The topological polar surface area (TPSA) is 93.9 Å². The van der Waals surface area contributed by atoms with Crippen molar-refractivity contribution in [1.29, 1.82) is 0 Å². The van der Waals surface area contributed by atoms with Crippen molar-refractivity contribution in [1.82, 2.24) is 10.2 Å². The maximum absolute atomic E-state index is 13.0. The fraction of sp³-hybridized carbons (Fsp3) is 0.500. The zero-order valence-corrected chi connectivity index (χ0v) is 13.7. The van der Waals surface area contributed by atoms with Crippen LogP contribution in [-0.2, 0) is 4.79 Å². The molecule has 126 valence electrons. The molecular weight excluding hydrogens is 298 g/mol. The van der Waals surface area contributed by atoms with Gasteiger partial charge in [-0.15, -0.1) is 0 Å². The van der Waals surface area contributed by atoms with Gasteiger partial charge in [-0.2, -0.15) is 0 Å². The molecule has 2 atom stereocenters. The molecule has 1 aliphatic rings. The normalized spacial score (nSPS) is 20.3. The predicted molar refractivity (Wildman–Crippen MR) is 85.6 cm³/mol. The monoisotopic (exact) mass is 321 g/mol. The maximum atomic E-state index is 13.0. The Labute approximate surface area is 135 Å². The number of hydrogen-bond donors (Lipinski definition) is 2. The molecule has 1 aromatic carbocycles. The first kappa shape index (κ1) is 17.1. The van der Waals surface area contributed by atoms with Gasteiger partial charge in [-0.1, -0.05) is 6.07 Å². The van der Waals surface area contributed by atoms with Crippen LogP contribution in [0.2, 0.25) is 0 Å². The van der Waals surface area contributed by atoms with Crippen LogP contribution < -0.4 is 20.5 Å². The summed E-state index contributed by atoms with van der Waals surface area (Å²) in [7, 11) is 2.98. The summed E-state index contributed by atoms with van der Waals surface area (Å²) in [6, 6.07) is 4.31. The predicted octanol–water partition coefficient (Wildman–Crippen LogP) is 0.382. The minimum absolute atomic E-state index is 0.192. The van der Waals surface area contributed by atoms with Gasteiger partial charge in [0.2, 0.25) is 5.91 Å². The highest BCUT2D eigenvalue weighted by molar-refractivity contribution is 6.02. The van der Waals surface area contributed by atoms with Crippen molar-refractivity contribution < 1.29 is 19.1 Å². The van der Waals surface area contributed by atoms with Crippen molar-refractivity contribution in [2.45, 2.75) is 25.4 Å². The molecule has 1 saturated heterocycles. The van der Waals surface area contributed by atoms with Crippen LogP contribution in [0.5, 0.6) is 11.5 Å². The fourth-order valence-corrected chi connectivity index (χ4v) is 2.84. The Morgan fingerprint density at radius 1 is 1.30 bits per heavy atom. The highest BCUT2D eigenvalue weighted by Crippen LogP contribution is 2.31. The van der Waals surface area contributed by atoms with Crippen LogP contribution in [0, 0.1) is 0 Å². The first-order chi connectivity index (χ1) is 11.0. The Balaban J connectivity index is 2.37.